The second kappa shape index (κ2) is 4.81. The van der Waals surface area contributed by atoms with Crippen LogP contribution in [0.1, 0.15) is 12.5 Å². The molecule has 0 aliphatic carbocycles. The second-order valence-corrected chi connectivity index (χ2v) is 4.15. The van der Waals surface area contributed by atoms with E-state index in [2.05, 4.69) is 0 Å². The maximum Gasteiger partial charge on any atom is 0.417 e. The molecule has 3 N–H and O–H groups in total. The Morgan fingerprint density at radius 1 is 1.22 bits per heavy atom. The van der Waals surface area contributed by atoms with Crippen LogP contribution in [-0.2, 0) is 5.54 Å². The highest BCUT2D eigenvalue weighted by molar-refractivity contribution is 5.27. The van der Waals surface area contributed by atoms with Gasteiger partial charge in [-0.25, -0.2) is 8.78 Å². The number of rotatable bonds is 3. The van der Waals surface area contributed by atoms with E-state index >= 15 is 0 Å². The number of halogens is 5. The van der Waals surface area contributed by atoms with Crippen molar-refractivity contribution in [3.8, 4) is 0 Å². The van der Waals surface area contributed by atoms with E-state index < -0.39 is 35.4 Å². The summed E-state index contributed by atoms with van der Waals surface area (Å²) in [7, 11) is 0. The molecule has 2 nitrogen and oxygen atoms in total. The van der Waals surface area contributed by atoms with Gasteiger partial charge < -0.3 is 10.8 Å². The standard InChI is InChI=1S/C11H12F5NO/c1-10(17,6-4-2-3-5-7(6)12)8(13)9(18)11(14,15)16/h2-5,8-9,18H,17H2,1H3/t8-,9?,10+/m0/s1. The van der Waals surface area contributed by atoms with Crippen molar-refractivity contribution in [1.82, 2.24) is 0 Å². The number of nitrogens with two attached hydrogens (primary N) is 1. The number of aliphatic hydroxyl groups excluding tert-OH is 1. The molecule has 0 saturated carbocycles. The smallest absolute Gasteiger partial charge is 0.381 e. The van der Waals surface area contributed by atoms with Gasteiger partial charge in [0.25, 0.3) is 0 Å². The first kappa shape index (κ1) is 14.8. The maximum atomic E-state index is 13.7. The van der Waals surface area contributed by atoms with Crippen LogP contribution < -0.4 is 5.73 Å². The Bertz CT molecular complexity index is 418. The van der Waals surface area contributed by atoms with E-state index in [1.165, 1.54) is 12.1 Å². The van der Waals surface area contributed by atoms with Gasteiger partial charge in [0.1, 0.15) is 5.82 Å². The average molecular weight is 269 g/mol. The number of hydrogen-bond acceptors (Lipinski definition) is 2. The minimum atomic E-state index is -5.16. The monoisotopic (exact) mass is 269 g/mol. The molecule has 0 amide bonds. The predicted octanol–water partition coefficient (Wildman–Crippen LogP) is 2.26. The fourth-order valence-corrected chi connectivity index (χ4v) is 1.54. The first-order valence-electron chi connectivity index (χ1n) is 5.01. The lowest BCUT2D eigenvalue weighted by molar-refractivity contribution is -0.227. The summed E-state index contributed by atoms with van der Waals surface area (Å²) in [5.74, 6) is -0.931. The minimum Gasteiger partial charge on any atom is -0.381 e. The van der Waals surface area contributed by atoms with Crippen molar-refractivity contribution in [2.45, 2.75) is 30.9 Å². The first-order valence-corrected chi connectivity index (χ1v) is 5.01. The van der Waals surface area contributed by atoms with Gasteiger partial charge in [-0.05, 0) is 13.0 Å². The van der Waals surface area contributed by atoms with Gasteiger partial charge in [0.2, 0.25) is 0 Å². The molecule has 18 heavy (non-hydrogen) atoms. The molecule has 3 atom stereocenters. The van der Waals surface area contributed by atoms with Crippen LogP contribution in [-0.4, -0.2) is 23.6 Å². The summed E-state index contributed by atoms with van der Waals surface area (Å²) < 4.78 is 63.7. The van der Waals surface area contributed by atoms with E-state index in [4.69, 9.17) is 10.8 Å². The molecule has 0 fully saturated rings. The number of hydrogen-bond donors (Lipinski definition) is 2. The third-order valence-corrected chi connectivity index (χ3v) is 2.64. The fraction of sp³-hybridized carbons (Fsp3) is 0.455. The van der Waals surface area contributed by atoms with Crippen molar-refractivity contribution in [3.05, 3.63) is 35.6 Å². The number of aliphatic hydroxyl groups is 1. The van der Waals surface area contributed by atoms with Gasteiger partial charge >= 0.3 is 6.18 Å². The summed E-state index contributed by atoms with van der Waals surface area (Å²) in [4.78, 5) is 0. The Balaban J connectivity index is 3.11. The highest BCUT2D eigenvalue weighted by Gasteiger charge is 2.51. The molecule has 0 heterocycles. The third-order valence-electron chi connectivity index (χ3n) is 2.64. The largest absolute Gasteiger partial charge is 0.417 e. The Morgan fingerprint density at radius 2 is 1.72 bits per heavy atom. The minimum absolute atomic E-state index is 0.430. The first-order chi connectivity index (χ1) is 8.08. The predicted molar refractivity (Wildman–Crippen MR) is 54.9 cm³/mol. The third kappa shape index (κ3) is 2.78. The van der Waals surface area contributed by atoms with Crippen molar-refractivity contribution < 1.29 is 27.1 Å². The van der Waals surface area contributed by atoms with Gasteiger partial charge in [-0.1, -0.05) is 18.2 Å². The summed E-state index contributed by atoms with van der Waals surface area (Å²) >= 11 is 0. The topological polar surface area (TPSA) is 46.2 Å². The number of alkyl halides is 4. The summed E-state index contributed by atoms with van der Waals surface area (Å²) in [6, 6.07) is 4.64. The molecule has 1 unspecified atom stereocenters. The van der Waals surface area contributed by atoms with Crippen LogP contribution >= 0.6 is 0 Å². The summed E-state index contributed by atoms with van der Waals surface area (Å²) in [5, 5.41) is 8.84. The van der Waals surface area contributed by atoms with Crippen LogP contribution in [0.4, 0.5) is 22.0 Å². The van der Waals surface area contributed by atoms with E-state index in [9.17, 15) is 22.0 Å². The molecule has 7 heteroatoms. The van der Waals surface area contributed by atoms with Crippen LogP contribution in [0.2, 0.25) is 0 Å². The fourth-order valence-electron chi connectivity index (χ4n) is 1.54. The zero-order valence-electron chi connectivity index (χ0n) is 9.38. The van der Waals surface area contributed by atoms with E-state index in [0.29, 0.717) is 0 Å². The average Bonchev–Trinajstić information content (AvgIpc) is 2.26. The molecule has 0 saturated heterocycles. The van der Waals surface area contributed by atoms with E-state index in [0.717, 1.165) is 19.1 Å². The van der Waals surface area contributed by atoms with Crippen molar-refractivity contribution in [3.63, 3.8) is 0 Å². The molecule has 1 rings (SSSR count). The van der Waals surface area contributed by atoms with Crippen molar-refractivity contribution in [1.29, 1.82) is 0 Å². The summed E-state index contributed by atoms with van der Waals surface area (Å²) in [6.07, 6.45) is -11.3. The molecule has 0 radical (unpaired) electrons. The Morgan fingerprint density at radius 3 is 2.17 bits per heavy atom. The molecule has 0 spiro atoms. The summed E-state index contributed by atoms with van der Waals surface area (Å²) in [6.45, 7) is 0.894. The lowest BCUT2D eigenvalue weighted by Gasteiger charge is -2.33. The molecule has 0 aliphatic heterocycles. The quantitative estimate of drug-likeness (QED) is 0.827. The number of benzene rings is 1. The van der Waals surface area contributed by atoms with Crippen molar-refractivity contribution in [2.24, 2.45) is 5.73 Å². The van der Waals surface area contributed by atoms with Gasteiger partial charge in [-0.2, -0.15) is 13.2 Å². The SMILES string of the molecule is C[C@@](N)(c1ccccc1F)[C@@H](F)C(O)C(F)(F)F. The van der Waals surface area contributed by atoms with Crippen LogP contribution in [0, 0.1) is 5.82 Å². The molecule has 0 aromatic heterocycles. The maximum absolute atomic E-state index is 13.7. The summed E-state index contributed by atoms with van der Waals surface area (Å²) in [5.41, 5.74) is 2.68. The lowest BCUT2D eigenvalue weighted by Crippen LogP contribution is -2.53. The molecular formula is C11H12F5NO. The van der Waals surface area contributed by atoms with Crippen molar-refractivity contribution >= 4 is 0 Å². The zero-order chi connectivity index (χ0) is 14.1. The van der Waals surface area contributed by atoms with E-state index in [1.807, 2.05) is 0 Å². The van der Waals surface area contributed by atoms with Crippen molar-refractivity contribution in [2.75, 3.05) is 0 Å². The van der Waals surface area contributed by atoms with Crippen LogP contribution in [0.3, 0.4) is 0 Å². The Labute approximate surface area is 100 Å². The molecule has 102 valence electrons. The van der Waals surface area contributed by atoms with Crippen LogP contribution in [0.5, 0.6) is 0 Å². The molecular weight excluding hydrogens is 257 g/mol. The lowest BCUT2D eigenvalue weighted by atomic mass is 9.85. The molecule has 0 aliphatic rings. The van der Waals surface area contributed by atoms with Gasteiger partial charge in [0.05, 0.1) is 5.54 Å². The van der Waals surface area contributed by atoms with Gasteiger partial charge in [0, 0.05) is 5.56 Å². The molecule has 1 aromatic carbocycles. The highest BCUT2D eigenvalue weighted by atomic mass is 19.4. The van der Waals surface area contributed by atoms with Crippen LogP contribution in [0.15, 0.2) is 24.3 Å². The molecule has 0 bridgehead atoms. The highest BCUT2D eigenvalue weighted by Crippen LogP contribution is 2.34. The van der Waals surface area contributed by atoms with Gasteiger partial charge in [0.15, 0.2) is 12.3 Å². The Kier molecular flexibility index (Phi) is 3.97. The van der Waals surface area contributed by atoms with Crippen LogP contribution in [0.25, 0.3) is 0 Å². The molecule has 1 aromatic rings. The van der Waals surface area contributed by atoms with E-state index in [1.54, 1.807) is 0 Å². The Hall–Kier alpha value is -1.21. The zero-order valence-corrected chi connectivity index (χ0v) is 9.38. The van der Waals surface area contributed by atoms with Gasteiger partial charge in [-0.3, -0.25) is 0 Å². The normalized spacial score (nSPS) is 19.1. The van der Waals surface area contributed by atoms with E-state index in [-0.39, 0.29) is 0 Å². The van der Waals surface area contributed by atoms with Gasteiger partial charge in [-0.15, -0.1) is 0 Å². The second-order valence-electron chi connectivity index (χ2n) is 4.15.